The molecule has 1 unspecified atom stereocenters. The van der Waals surface area contributed by atoms with Crippen LogP contribution in [0.3, 0.4) is 0 Å². The number of unbranched alkanes of at least 4 members (excludes halogenated alkanes) is 1. The van der Waals surface area contributed by atoms with Crippen LogP contribution in [-0.4, -0.2) is 18.5 Å². The van der Waals surface area contributed by atoms with Crippen LogP contribution in [0.25, 0.3) is 0 Å². The fourth-order valence-corrected chi connectivity index (χ4v) is 2.30. The van der Waals surface area contributed by atoms with Crippen LogP contribution in [0.2, 0.25) is 0 Å². The van der Waals surface area contributed by atoms with Gasteiger partial charge in [0.05, 0.1) is 12.2 Å². The molecule has 0 fully saturated rings. The Morgan fingerprint density at radius 3 is 2.33 bits per heavy atom. The molecule has 2 aromatic carbocycles. The zero-order valence-electron chi connectivity index (χ0n) is 13.4. The van der Waals surface area contributed by atoms with E-state index in [2.05, 4.69) is 15.9 Å². The summed E-state index contributed by atoms with van der Waals surface area (Å²) in [7, 11) is 0. The Hall–Kier alpha value is -2.14. The molecule has 2 rings (SSSR count). The normalized spacial score (nSPS) is 11.6. The second-order valence-corrected chi connectivity index (χ2v) is 6.14. The second kappa shape index (κ2) is 9.23. The maximum absolute atomic E-state index is 12.3. The van der Waals surface area contributed by atoms with Crippen molar-refractivity contribution in [2.45, 2.75) is 25.9 Å². The van der Waals surface area contributed by atoms with Gasteiger partial charge in [-0.25, -0.2) is 9.59 Å². The van der Waals surface area contributed by atoms with Crippen molar-refractivity contribution < 1.29 is 19.1 Å². The topological polar surface area (TPSA) is 52.6 Å². The number of esters is 2. The number of hydrogen-bond acceptors (Lipinski definition) is 4. The molecule has 0 spiro atoms. The molecule has 0 heterocycles. The van der Waals surface area contributed by atoms with Crippen LogP contribution in [0.5, 0.6) is 0 Å². The van der Waals surface area contributed by atoms with E-state index in [9.17, 15) is 9.59 Å². The standard InChI is InChI=1S/C19H19BrO4/c1-2-3-13-23-19(22)17(14-7-5-4-6-8-14)24-18(21)15-9-11-16(20)12-10-15/h4-12,17H,2-3,13H2,1H3. The molecule has 24 heavy (non-hydrogen) atoms. The van der Waals surface area contributed by atoms with Gasteiger partial charge in [-0.2, -0.15) is 0 Å². The Bertz CT molecular complexity index is 668. The number of carbonyl (C=O) groups excluding carboxylic acids is 2. The number of carbonyl (C=O) groups is 2. The lowest BCUT2D eigenvalue weighted by Crippen LogP contribution is -2.22. The number of hydrogen-bond donors (Lipinski definition) is 0. The SMILES string of the molecule is CCCCOC(=O)C(OC(=O)c1ccc(Br)cc1)c1ccccc1. The van der Waals surface area contributed by atoms with Gasteiger partial charge in [0.2, 0.25) is 6.10 Å². The number of rotatable bonds is 7. The molecule has 0 saturated carbocycles. The van der Waals surface area contributed by atoms with Crippen LogP contribution < -0.4 is 0 Å². The molecule has 0 radical (unpaired) electrons. The summed E-state index contributed by atoms with van der Waals surface area (Å²) in [5.41, 5.74) is 0.963. The predicted molar refractivity (Wildman–Crippen MR) is 94.6 cm³/mol. The molecule has 0 aromatic heterocycles. The minimum atomic E-state index is -1.07. The van der Waals surface area contributed by atoms with Gasteiger partial charge in [-0.3, -0.25) is 0 Å². The van der Waals surface area contributed by atoms with Crippen molar-refractivity contribution in [2.75, 3.05) is 6.61 Å². The van der Waals surface area contributed by atoms with Gasteiger partial charge in [0.15, 0.2) is 0 Å². The molecular formula is C19H19BrO4. The zero-order chi connectivity index (χ0) is 17.4. The summed E-state index contributed by atoms with van der Waals surface area (Å²) in [5.74, 6) is -1.12. The van der Waals surface area contributed by atoms with E-state index in [0.29, 0.717) is 17.7 Å². The first kappa shape index (κ1) is 18.2. The Morgan fingerprint density at radius 1 is 1.04 bits per heavy atom. The number of benzene rings is 2. The van der Waals surface area contributed by atoms with E-state index in [0.717, 1.165) is 17.3 Å². The summed E-state index contributed by atoms with van der Waals surface area (Å²) in [4.78, 5) is 24.7. The van der Waals surface area contributed by atoms with Crippen molar-refractivity contribution in [1.82, 2.24) is 0 Å². The second-order valence-electron chi connectivity index (χ2n) is 5.22. The van der Waals surface area contributed by atoms with E-state index >= 15 is 0 Å². The molecule has 4 nitrogen and oxygen atoms in total. The van der Waals surface area contributed by atoms with Gasteiger partial charge in [0.1, 0.15) is 0 Å². The Balaban J connectivity index is 2.14. The number of ether oxygens (including phenoxy) is 2. The van der Waals surface area contributed by atoms with Gasteiger partial charge in [-0.15, -0.1) is 0 Å². The summed E-state index contributed by atoms with van der Waals surface area (Å²) >= 11 is 3.31. The monoisotopic (exact) mass is 390 g/mol. The molecule has 126 valence electrons. The first-order chi connectivity index (χ1) is 11.6. The molecule has 2 aromatic rings. The van der Waals surface area contributed by atoms with Crippen LogP contribution in [0.4, 0.5) is 0 Å². The summed E-state index contributed by atoms with van der Waals surface area (Å²) in [5, 5.41) is 0. The van der Waals surface area contributed by atoms with Gasteiger partial charge in [0.25, 0.3) is 0 Å². The summed E-state index contributed by atoms with van der Waals surface area (Å²) < 4.78 is 11.5. The summed E-state index contributed by atoms with van der Waals surface area (Å²) in [6.45, 7) is 2.32. The lowest BCUT2D eigenvalue weighted by Gasteiger charge is -2.17. The molecule has 0 bridgehead atoms. The highest BCUT2D eigenvalue weighted by molar-refractivity contribution is 9.10. The van der Waals surface area contributed by atoms with E-state index in [1.807, 2.05) is 13.0 Å². The molecule has 0 N–H and O–H groups in total. The maximum atomic E-state index is 12.3. The van der Waals surface area contributed by atoms with E-state index in [-0.39, 0.29) is 0 Å². The molecule has 0 aliphatic rings. The average Bonchev–Trinajstić information content (AvgIpc) is 2.61. The van der Waals surface area contributed by atoms with E-state index in [1.54, 1.807) is 48.5 Å². The van der Waals surface area contributed by atoms with E-state index < -0.39 is 18.0 Å². The first-order valence-electron chi connectivity index (χ1n) is 7.80. The molecule has 1 atom stereocenters. The van der Waals surface area contributed by atoms with E-state index in [1.165, 1.54) is 0 Å². The smallest absolute Gasteiger partial charge is 0.352 e. The molecule has 5 heteroatoms. The van der Waals surface area contributed by atoms with Crippen molar-refractivity contribution in [2.24, 2.45) is 0 Å². The van der Waals surface area contributed by atoms with Gasteiger partial charge in [-0.05, 0) is 30.7 Å². The van der Waals surface area contributed by atoms with Crippen LogP contribution in [-0.2, 0) is 14.3 Å². The molecule has 0 amide bonds. The van der Waals surface area contributed by atoms with Crippen LogP contribution >= 0.6 is 15.9 Å². The Kier molecular flexibility index (Phi) is 7.00. The Morgan fingerprint density at radius 2 is 1.71 bits per heavy atom. The minimum Gasteiger partial charge on any atom is -0.463 e. The summed E-state index contributed by atoms with van der Waals surface area (Å²) in [6.07, 6.45) is 0.620. The van der Waals surface area contributed by atoms with Gasteiger partial charge < -0.3 is 9.47 Å². The van der Waals surface area contributed by atoms with Crippen molar-refractivity contribution in [3.05, 3.63) is 70.2 Å². The maximum Gasteiger partial charge on any atom is 0.352 e. The quantitative estimate of drug-likeness (QED) is 0.508. The van der Waals surface area contributed by atoms with Crippen LogP contribution in [0.15, 0.2) is 59.1 Å². The fraction of sp³-hybridized carbons (Fsp3) is 0.263. The highest BCUT2D eigenvalue weighted by Crippen LogP contribution is 2.22. The fourth-order valence-electron chi connectivity index (χ4n) is 2.03. The average molecular weight is 391 g/mol. The minimum absolute atomic E-state index is 0.314. The van der Waals surface area contributed by atoms with Gasteiger partial charge in [-0.1, -0.05) is 59.6 Å². The highest BCUT2D eigenvalue weighted by Gasteiger charge is 2.27. The summed E-state index contributed by atoms with van der Waals surface area (Å²) in [6, 6.07) is 15.6. The molecular weight excluding hydrogens is 372 g/mol. The van der Waals surface area contributed by atoms with Gasteiger partial charge in [0, 0.05) is 10.0 Å². The van der Waals surface area contributed by atoms with Crippen LogP contribution in [0, 0.1) is 0 Å². The van der Waals surface area contributed by atoms with Crippen molar-refractivity contribution >= 4 is 27.9 Å². The highest BCUT2D eigenvalue weighted by atomic mass is 79.9. The first-order valence-corrected chi connectivity index (χ1v) is 8.59. The zero-order valence-corrected chi connectivity index (χ0v) is 15.0. The lowest BCUT2D eigenvalue weighted by atomic mass is 10.1. The molecule has 0 saturated heterocycles. The van der Waals surface area contributed by atoms with Crippen LogP contribution in [0.1, 0.15) is 41.8 Å². The van der Waals surface area contributed by atoms with E-state index in [4.69, 9.17) is 9.47 Å². The van der Waals surface area contributed by atoms with Crippen molar-refractivity contribution in [3.8, 4) is 0 Å². The number of halogens is 1. The molecule has 0 aliphatic heterocycles. The lowest BCUT2D eigenvalue weighted by molar-refractivity contribution is -0.154. The predicted octanol–water partition coefficient (Wildman–Crippen LogP) is 4.69. The third-order valence-electron chi connectivity index (χ3n) is 3.36. The third kappa shape index (κ3) is 5.20. The Labute approximate surface area is 149 Å². The van der Waals surface area contributed by atoms with Gasteiger partial charge >= 0.3 is 11.9 Å². The van der Waals surface area contributed by atoms with Crippen molar-refractivity contribution in [3.63, 3.8) is 0 Å². The molecule has 0 aliphatic carbocycles. The van der Waals surface area contributed by atoms with Crippen molar-refractivity contribution in [1.29, 1.82) is 0 Å². The largest absolute Gasteiger partial charge is 0.463 e. The third-order valence-corrected chi connectivity index (χ3v) is 3.89.